The highest BCUT2D eigenvalue weighted by atomic mass is 16.6. The van der Waals surface area contributed by atoms with Crippen molar-refractivity contribution in [2.75, 3.05) is 30.0 Å². The van der Waals surface area contributed by atoms with Gasteiger partial charge in [0.15, 0.2) is 0 Å². The molecule has 3 heterocycles. The molecule has 2 aliphatic rings. The van der Waals surface area contributed by atoms with Crippen molar-refractivity contribution in [3.8, 4) is 17.0 Å². The van der Waals surface area contributed by atoms with Crippen LogP contribution in [0, 0.1) is 0 Å². The molecule has 35 heavy (non-hydrogen) atoms. The van der Waals surface area contributed by atoms with Crippen LogP contribution in [0.1, 0.15) is 32.0 Å². The Labute approximate surface area is 205 Å². The lowest BCUT2D eigenvalue weighted by Crippen LogP contribution is -2.44. The van der Waals surface area contributed by atoms with Gasteiger partial charge in [0.05, 0.1) is 30.6 Å². The van der Waals surface area contributed by atoms with E-state index in [0.717, 1.165) is 42.5 Å². The number of amides is 1. The molecule has 2 aliphatic heterocycles. The van der Waals surface area contributed by atoms with E-state index in [9.17, 15) is 4.79 Å². The number of benzene rings is 2. The maximum absolute atomic E-state index is 12.3. The molecule has 0 unspecified atom stereocenters. The first-order chi connectivity index (χ1) is 17.0. The Kier molecular flexibility index (Phi) is 6.66. The highest BCUT2D eigenvalue weighted by Crippen LogP contribution is 2.34. The molecule has 5 rings (SSSR count). The third kappa shape index (κ3) is 5.13. The minimum Gasteiger partial charge on any atom is -0.410 e. The van der Waals surface area contributed by atoms with E-state index in [1.807, 2.05) is 42.5 Å². The molecule has 8 heteroatoms. The fourth-order valence-electron chi connectivity index (χ4n) is 4.47. The van der Waals surface area contributed by atoms with Crippen LogP contribution >= 0.6 is 0 Å². The Morgan fingerprint density at radius 3 is 2.57 bits per heavy atom. The fourth-order valence-corrected chi connectivity index (χ4v) is 4.47. The Bertz CT molecular complexity index is 1180. The van der Waals surface area contributed by atoms with E-state index >= 15 is 0 Å². The van der Waals surface area contributed by atoms with Gasteiger partial charge < -0.3 is 14.4 Å². The van der Waals surface area contributed by atoms with E-state index in [4.69, 9.17) is 19.4 Å². The molecule has 0 radical (unpaired) electrons. The summed E-state index contributed by atoms with van der Waals surface area (Å²) in [6, 6.07) is 17.4. The molecule has 0 bridgehead atoms. The van der Waals surface area contributed by atoms with Crippen LogP contribution in [-0.2, 0) is 17.8 Å². The zero-order valence-corrected chi connectivity index (χ0v) is 20.4. The molecular formula is C27H31N5O3. The Morgan fingerprint density at radius 1 is 1.09 bits per heavy atom. The standard InChI is InChI=1S/C27H31N5O3/c1-18(2)31-15-23-24(16-31)29-26(32-13-14-34-17-19(32)3)30-25(23)20-9-11-21(12-10-20)28-27(33)35-22-7-5-4-6-8-22/h4-12,18-19H,13-17H2,1-3H3,(H,28,33)/t19-/m0/s1. The molecule has 1 amide bonds. The molecule has 1 N–H and O–H groups in total. The summed E-state index contributed by atoms with van der Waals surface area (Å²) < 4.78 is 11.0. The summed E-state index contributed by atoms with van der Waals surface area (Å²) in [6.45, 7) is 10.3. The van der Waals surface area contributed by atoms with Gasteiger partial charge in [0.25, 0.3) is 0 Å². The number of nitrogens with one attached hydrogen (secondary N) is 1. The maximum Gasteiger partial charge on any atom is 0.417 e. The SMILES string of the molecule is CC(C)N1Cc2nc(N3CCOC[C@@H]3C)nc(-c3ccc(NC(=O)Oc4ccccc4)cc3)c2C1. The van der Waals surface area contributed by atoms with E-state index in [1.54, 1.807) is 12.1 Å². The molecule has 0 spiro atoms. The predicted molar refractivity (Wildman–Crippen MR) is 136 cm³/mol. The summed E-state index contributed by atoms with van der Waals surface area (Å²) in [4.78, 5) is 26.9. The van der Waals surface area contributed by atoms with Crippen LogP contribution in [0.3, 0.4) is 0 Å². The number of morpholine rings is 1. The van der Waals surface area contributed by atoms with Gasteiger partial charge in [-0.15, -0.1) is 0 Å². The van der Waals surface area contributed by atoms with Gasteiger partial charge in [-0.25, -0.2) is 14.8 Å². The van der Waals surface area contributed by atoms with Crippen LogP contribution in [0.15, 0.2) is 54.6 Å². The summed E-state index contributed by atoms with van der Waals surface area (Å²) >= 11 is 0. The smallest absolute Gasteiger partial charge is 0.410 e. The molecule has 1 atom stereocenters. The quantitative estimate of drug-likeness (QED) is 0.575. The number of fused-ring (bicyclic) bond motifs is 1. The first-order valence-electron chi connectivity index (χ1n) is 12.1. The number of rotatable bonds is 5. The van der Waals surface area contributed by atoms with Crippen molar-refractivity contribution in [1.82, 2.24) is 14.9 Å². The third-order valence-corrected chi connectivity index (χ3v) is 6.51. The van der Waals surface area contributed by atoms with E-state index in [0.29, 0.717) is 30.7 Å². The van der Waals surface area contributed by atoms with Crippen LogP contribution in [0.25, 0.3) is 11.3 Å². The van der Waals surface area contributed by atoms with Gasteiger partial charge in [-0.1, -0.05) is 30.3 Å². The third-order valence-electron chi connectivity index (χ3n) is 6.51. The average molecular weight is 474 g/mol. The van der Waals surface area contributed by atoms with Crippen molar-refractivity contribution < 1.29 is 14.3 Å². The molecule has 182 valence electrons. The van der Waals surface area contributed by atoms with Crippen LogP contribution in [0.5, 0.6) is 5.75 Å². The van der Waals surface area contributed by atoms with E-state index < -0.39 is 6.09 Å². The van der Waals surface area contributed by atoms with Gasteiger partial charge in [-0.2, -0.15) is 0 Å². The van der Waals surface area contributed by atoms with Crippen LogP contribution in [-0.4, -0.2) is 52.8 Å². The molecule has 0 saturated carbocycles. The van der Waals surface area contributed by atoms with Crippen LogP contribution < -0.4 is 15.0 Å². The highest BCUT2D eigenvalue weighted by molar-refractivity contribution is 5.86. The second kappa shape index (κ2) is 10.0. The second-order valence-corrected chi connectivity index (χ2v) is 9.32. The summed E-state index contributed by atoms with van der Waals surface area (Å²) in [5.74, 6) is 1.26. The van der Waals surface area contributed by atoms with Gasteiger partial charge in [0, 0.05) is 42.5 Å². The number of para-hydroxylation sites is 1. The Hall–Kier alpha value is -3.49. The van der Waals surface area contributed by atoms with E-state index in [1.165, 1.54) is 5.56 Å². The summed E-state index contributed by atoms with van der Waals surface area (Å²) in [7, 11) is 0. The predicted octanol–water partition coefficient (Wildman–Crippen LogP) is 4.70. The summed E-state index contributed by atoms with van der Waals surface area (Å²) in [6.07, 6.45) is -0.525. The topological polar surface area (TPSA) is 79.8 Å². The number of aromatic nitrogens is 2. The lowest BCUT2D eigenvalue weighted by Gasteiger charge is -2.33. The zero-order valence-electron chi connectivity index (χ0n) is 20.4. The van der Waals surface area contributed by atoms with Crippen molar-refractivity contribution in [2.45, 2.75) is 45.9 Å². The minimum atomic E-state index is -0.525. The molecule has 3 aromatic rings. The number of nitrogens with zero attached hydrogens (tertiary/aromatic N) is 4. The normalized spacial score (nSPS) is 17.9. The average Bonchev–Trinajstić information content (AvgIpc) is 3.30. The molecule has 0 aliphatic carbocycles. The van der Waals surface area contributed by atoms with Crippen molar-refractivity contribution in [2.24, 2.45) is 0 Å². The highest BCUT2D eigenvalue weighted by Gasteiger charge is 2.30. The lowest BCUT2D eigenvalue weighted by atomic mass is 10.1. The minimum absolute atomic E-state index is 0.222. The molecular weight excluding hydrogens is 442 g/mol. The maximum atomic E-state index is 12.3. The van der Waals surface area contributed by atoms with Crippen molar-refractivity contribution >= 4 is 17.7 Å². The number of hydrogen-bond acceptors (Lipinski definition) is 7. The first kappa shape index (κ1) is 23.3. The summed E-state index contributed by atoms with van der Waals surface area (Å²) in [5, 5.41) is 2.79. The number of carbonyl (C=O) groups is 1. The van der Waals surface area contributed by atoms with Gasteiger partial charge in [-0.3, -0.25) is 10.2 Å². The lowest BCUT2D eigenvalue weighted by molar-refractivity contribution is 0.0980. The van der Waals surface area contributed by atoms with Crippen LogP contribution in [0.4, 0.5) is 16.4 Å². The van der Waals surface area contributed by atoms with Gasteiger partial charge in [0.2, 0.25) is 5.95 Å². The van der Waals surface area contributed by atoms with E-state index in [2.05, 4.69) is 35.9 Å². The molecule has 1 saturated heterocycles. The molecule has 1 aromatic heterocycles. The van der Waals surface area contributed by atoms with Crippen molar-refractivity contribution in [3.63, 3.8) is 0 Å². The fraction of sp³-hybridized carbons (Fsp3) is 0.370. The molecule has 2 aromatic carbocycles. The van der Waals surface area contributed by atoms with Gasteiger partial charge in [0.1, 0.15) is 5.75 Å². The van der Waals surface area contributed by atoms with E-state index in [-0.39, 0.29) is 6.04 Å². The first-order valence-corrected chi connectivity index (χ1v) is 12.1. The zero-order chi connectivity index (χ0) is 24.4. The molecule has 1 fully saturated rings. The number of ether oxygens (including phenoxy) is 2. The number of anilines is 2. The summed E-state index contributed by atoms with van der Waals surface area (Å²) in [5.41, 5.74) is 4.87. The largest absolute Gasteiger partial charge is 0.417 e. The van der Waals surface area contributed by atoms with Crippen LogP contribution in [0.2, 0.25) is 0 Å². The Balaban J connectivity index is 1.41. The second-order valence-electron chi connectivity index (χ2n) is 9.32. The molecule has 8 nitrogen and oxygen atoms in total. The number of carbonyl (C=O) groups excluding carboxylic acids is 1. The number of hydrogen-bond donors (Lipinski definition) is 1. The van der Waals surface area contributed by atoms with Gasteiger partial charge >= 0.3 is 6.09 Å². The Morgan fingerprint density at radius 2 is 1.86 bits per heavy atom. The monoisotopic (exact) mass is 473 g/mol. The van der Waals surface area contributed by atoms with Gasteiger partial charge in [-0.05, 0) is 45.0 Å². The van der Waals surface area contributed by atoms with Crippen molar-refractivity contribution in [3.05, 3.63) is 65.9 Å². The van der Waals surface area contributed by atoms with Crippen molar-refractivity contribution in [1.29, 1.82) is 0 Å².